The lowest BCUT2D eigenvalue weighted by atomic mass is 10.0. The van der Waals surface area contributed by atoms with Gasteiger partial charge in [-0.1, -0.05) is 49.4 Å². The fraction of sp³-hybridized carbons (Fsp3) is 0.240. The molecule has 0 saturated heterocycles. The highest BCUT2D eigenvalue weighted by Gasteiger charge is 2.17. The number of thiophene rings is 1. The number of nitrogens with zero attached hydrogens (tertiary/aromatic N) is 2. The second-order valence-electron chi connectivity index (χ2n) is 7.59. The lowest BCUT2D eigenvalue weighted by Crippen LogP contribution is -2.28. The molecule has 4 rings (SSSR count). The quantitative estimate of drug-likeness (QED) is 0.410. The zero-order valence-electron chi connectivity index (χ0n) is 17.4. The number of ketones is 1. The van der Waals surface area contributed by atoms with Crippen LogP contribution in [0.15, 0.2) is 59.4 Å². The molecule has 2 heterocycles. The van der Waals surface area contributed by atoms with E-state index in [2.05, 4.69) is 6.92 Å². The number of hydrogen-bond donors (Lipinski definition) is 0. The van der Waals surface area contributed by atoms with E-state index in [0.29, 0.717) is 23.2 Å². The van der Waals surface area contributed by atoms with E-state index < -0.39 is 0 Å². The molecule has 2 aromatic carbocycles. The van der Waals surface area contributed by atoms with E-state index in [0.717, 1.165) is 32.8 Å². The highest BCUT2D eigenvalue weighted by molar-refractivity contribution is 7.18. The zero-order chi connectivity index (χ0) is 21.3. The Labute approximate surface area is 179 Å². The second-order valence-corrected chi connectivity index (χ2v) is 8.70. The van der Waals surface area contributed by atoms with Crippen LogP contribution in [0.1, 0.15) is 44.7 Å². The molecule has 4 aromatic rings. The number of fused-ring (bicyclic) bond motifs is 1. The molecule has 0 N–H and O–H groups in total. The van der Waals surface area contributed by atoms with Crippen LogP contribution in [0.5, 0.6) is 0 Å². The van der Waals surface area contributed by atoms with Crippen molar-refractivity contribution in [2.75, 3.05) is 0 Å². The second kappa shape index (κ2) is 8.36. The molecule has 0 aliphatic carbocycles. The summed E-state index contributed by atoms with van der Waals surface area (Å²) in [6, 6.07) is 17.5. The van der Waals surface area contributed by atoms with Crippen LogP contribution < -0.4 is 5.56 Å². The van der Waals surface area contributed by atoms with Crippen LogP contribution in [0.3, 0.4) is 0 Å². The SMILES string of the molecule is CCc1cc2c(=O)n(CC(=O)c3ccc(C)c(C)c3)c(Cc3ccccc3)nc2s1. The molecular weight excluding hydrogens is 392 g/mol. The topological polar surface area (TPSA) is 52.0 Å². The number of aryl methyl sites for hydroxylation is 3. The maximum absolute atomic E-state index is 13.3. The van der Waals surface area contributed by atoms with Crippen molar-refractivity contribution < 1.29 is 4.79 Å². The summed E-state index contributed by atoms with van der Waals surface area (Å²) in [5.74, 6) is 0.544. The van der Waals surface area contributed by atoms with Gasteiger partial charge in [0.25, 0.3) is 5.56 Å². The fourth-order valence-electron chi connectivity index (χ4n) is 3.51. The van der Waals surface area contributed by atoms with E-state index in [9.17, 15) is 9.59 Å². The molecule has 0 aliphatic rings. The van der Waals surface area contributed by atoms with Gasteiger partial charge in [-0.2, -0.15) is 0 Å². The fourth-order valence-corrected chi connectivity index (χ4v) is 4.48. The highest BCUT2D eigenvalue weighted by Crippen LogP contribution is 2.23. The molecule has 30 heavy (non-hydrogen) atoms. The summed E-state index contributed by atoms with van der Waals surface area (Å²) in [5.41, 5.74) is 3.75. The van der Waals surface area contributed by atoms with Gasteiger partial charge >= 0.3 is 0 Å². The summed E-state index contributed by atoms with van der Waals surface area (Å²) in [5, 5.41) is 0.599. The number of rotatable bonds is 6. The summed E-state index contributed by atoms with van der Waals surface area (Å²) in [7, 11) is 0. The first-order valence-electron chi connectivity index (χ1n) is 10.1. The van der Waals surface area contributed by atoms with Crippen molar-refractivity contribution in [1.29, 1.82) is 0 Å². The number of hydrogen-bond acceptors (Lipinski definition) is 4. The van der Waals surface area contributed by atoms with Gasteiger partial charge in [-0.3, -0.25) is 14.2 Å². The average Bonchev–Trinajstić information content (AvgIpc) is 3.17. The van der Waals surface area contributed by atoms with E-state index in [-0.39, 0.29) is 17.9 Å². The zero-order valence-corrected chi connectivity index (χ0v) is 18.3. The first kappa shape index (κ1) is 20.2. The first-order valence-corrected chi connectivity index (χ1v) is 10.9. The Morgan fingerprint density at radius 2 is 1.80 bits per heavy atom. The molecule has 0 amide bonds. The van der Waals surface area contributed by atoms with Gasteiger partial charge in [0.05, 0.1) is 11.9 Å². The third-order valence-electron chi connectivity index (χ3n) is 5.47. The van der Waals surface area contributed by atoms with E-state index in [1.807, 2.05) is 68.4 Å². The number of carbonyl (C=O) groups excluding carboxylic acids is 1. The van der Waals surface area contributed by atoms with Crippen LogP contribution in [-0.4, -0.2) is 15.3 Å². The molecule has 0 saturated carbocycles. The summed E-state index contributed by atoms with van der Waals surface area (Å²) >= 11 is 1.55. The first-order chi connectivity index (χ1) is 14.5. The lowest BCUT2D eigenvalue weighted by Gasteiger charge is -2.13. The summed E-state index contributed by atoms with van der Waals surface area (Å²) in [4.78, 5) is 33.1. The summed E-state index contributed by atoms with van der Waals surface area (Å²) in [6.45, 7) is 6.07. The van der Waals surface area contributed by atoms with Crippen molar-refractivity contribution in [3.63, 3.8) is 0 Å². The average molecular weight is 417 g/mol. The molecule has 0 unspecified atom stereocenters. The maximum atomic E-state index is 13.3. The molecule has 0 fully saturated rings. The standard InChI is InChI=1S/C25H24N2O2S/c1-4-20-14-21-24(30-20)26-23(13-18-8-6-5-7-9-18)27(25(21)29)15-22(28)19-11-10-16(2)17(3)12-19/h5-12,14H,4,13,15H2,1-3H3. The molecule has 0 aliphatic heterocycles. The monoisotopic (exact) mass is 416 g/mol. The third kappa shape index (κ3) is 3.98. The minimum absolute atomic E-state index is 0.0102. The van der Waals surface area contributed by atoms with Gasteiger partial charge in [-0.05, 0) is 49.1 Å². The van der Waals surface area contributed by atoms with Crippen LogP contribution in [0.4, 0.5) is 0 Å². The molecule has 0 atom stereocenters. The Bertz CT molecular complexity index is 1290. The molecule has 0 bridgehead atoms. The molecule has 2 aromatic heterocycles. The van der Waals surface area contributed by atoms with Crippen molar-refractivity contribution >= 4 is 27.3 Å². The van der Waals surface area contributed by atoms with Crippen molar-refractivity contribution in [2.24, 2.45) is 0 Å². The third-order valence-corrected chi connectivity index (χ3v) is 6.64. The predicted octanol–water partition coefficient (Wildman–Crippen LogP) is 5.11. The van der Waals surface area contributed by atoms with Crippen molar-refractivity contribution in [3.8, 4) is 0 Å². The van der Waals surface area contributed by atoms with E-state index >= 15 is 0 Å². The molecule has 0 radical (unpaired) electrons. The molecular formula is C25H24N2O2S. The minimum atomic E-state index is -0.140. The van der Waals surface area contributed by atoms with Gasteiger partial charge in [0.15, 0.2) is 5.78 Å². The molecule has 0 spiro atoms. The Morgan fingerprint density at radius 1 is 1.03 bits per heavy atom. The van der Waals surface area contributed by atoms with Crippen molar-refractivity contribution in [1.82, 2.24) is 9.55 Å². The largest absolute Gasteiger partial charge is 0.292 e. The Balaban J connectivity index is 1.80. The van der Waals surface area contributed by atoms with Gasteiger partial charge in [-0.25, -0.2) is 4.98 Å². The maximum Gasteiger partial charge on any atom is 0.262 e. The molecule has 5 heteroatoms. The van der Waals surface area contributed by atoms with Gasteiger partial charge in [0.2, 0.25) is 0 Å². The Kier molecular flexibility index (Phi) is 5.64. The van der Waals surface area contributed by atoms with Crippen molar-refractivity contribution in [3.05, 3.63) is 97.9 Å². The van der Waals surface area contributed by atoms with E-state index in [4.69, 9.17) is 4.98 Å². The van der Waals surface area contributed by atoms with Crippen LogP contribution in [0.2, 0.25) is 0 Å². The van der Waals surface area contributed by atoms with Crippen LogP contribution >= 0.6 is 11.3 Å². The minimum Gasteiger partial charge on any atom is -0.292 e. The number of benzene rings is 2. The van der Waals surface area contributed by atoms with E-state index in [1.54, 1.807) is 15.9 Å². The number of Topliss-reactive ketones (excluding diaryl/α,β-unsaturated/α-hetero) is 1. The van der Waals surface area contributed by atoms with Gasteiger partial charge < -0.3 is 0 Å². The molecule has 4 nitrogen and oxygen atoms in total. The van der Waals surface area contributed by atoms with E-state index in [1.165, 1.54) is 0 Å². The van der Waals surface area contributed by atoms with Crippen LogP contribution in [0, 0.1) is 13.8 Å². The predicted molar refractivity (Wildman–Crippen MR) is 123 cm³/mol. The van der Waals surface area contributed by atoms with Crippen LogP contribution in [0.25, 0.3) is 10.2 Å². The lowest BCUT2D eigenvalue weighted by molar-refractivity contribution is 0.0969. The summed E-state index contributed by atoms with van der Waals surface area (Å²) in [6.07, 6.45) is 1.36. The highest BCUT2D eigenvalue weighted by atomic mass is 32.1. The molecule has 152 valence electrons. The summed E-state index contributed by atoms with van der Waals surface area (Å²) < 4.78 is 1.55. The Hall–Kier alpha value is -3.05. The number of carbonyl (C=O) groups is 1. The smallest absolute Gasteiger partial charge is 0.262 e. The van der Waals surface area contributed by atoms with Gasteiger partial charge in [0.1, 0.15) is 10.7 Å². The van der Waals surface area contributed by atoms with Crippen molar-refractivity contribution in [2.45, 2.75) is 40.2 Å². The van der Waals surface area contributed by atoms with Crippen LogP contribution in [-0.2, 0) is 19.4 Å². The Morgan fingerprint density at radius 3 is 2.50 bits per heavy atom. The van der Waals surface area contributed by atoms with Gasteiger partial charge in [0, 0.05) is 16.9 Å². The normalized spacial score (nSPS) is 11.2. The van der Waals surface area contributed by atoms with Gasteiger partial charge in [-0.15, -0.1) is 11.3 Å². The number of aromatic nitrogens is 2.